The van der Waals surface area contributed by atoms with Crippen LogP contribution in [-0.2, 0) is 16.0 Å². The highest BCUT2D eigenvalue weighted by Gasteiger charge is 2.16. The van der Waals surface area contributed by atoms with Gasteiger partial charge in [0.2, 0.25) is 5.91 Å². The zero-order chi connectivity index (χ0) is 23.6. The average Bonchev–Trinajstić information content (AvgIpc) is 2.80. The Balaban J connectivity index is 1.75. The van der Waals surface area contributed by atoms with Crippen LogP contribution < -0.4 is 16.0 Å². The van der Waals surface area contributed by atoms with Crippen LogP contribution in [0.2, 0.25) is 0 Å². The maximum Gasteiger partial charge on any atom is 0.272 e. The van der Waals surface area contributed by atoms with Crippen LogP contribution in [-0.4, -0.2) is 24.3 Å². The second-order valence-electron chi connectivity index (χ2n) is 7.59. The topological polar surface area (TPSA) is 87.3 Å². The highest BCUT2D eigenvalue weighted by atomic mass is 16.2. The van der Waals surface area contributed by atoms with E-state index in [0.717, 1.165) is 16.7 Å². The Bertz CT molecular complexity index is 1170. The van der Waals surface area contributed by atoms with Gasteiger partial charge < -0.3 is 16.0 Å². The Kier molecular flexibility index (Phi) is 8.13. The van der Waals surface area contributed by atoms with Crippen molar-refractivity contribution in [2.45, 2.75) is 20.3 Å². The summed E-state index contributed by atoms with van der Waals surface area (Å²) in [6.07, 6.45) is 2.32. The summed E-state index contributed by atoms with van der Waals surface area (Å²) >= 11 is 0. The fraction of sp³-hybridized carbons (Fsp3) is 0.148. The second-order valence-corrected chi connectivity index (χ2v) is 7.59. The molecule has 0 saturated carbocycles. The molecule has 168 valence electrons. The molecule has 0 spiro atoms. The molecule has 0 bridgehead atoms. The number of para-hydroxylation sites is 1. The van der Waals surface area contributed by atoms with Crippen molar-refractivity contribution in [3.63, 3.8) is 0 Å². The summed E-state index contributed by atoms with van der Waals surface area (Å²) in [7, 11) is 0. The summed E-state index contributed by atoms with van der Waals surface area (Å²) in [6.45, 7) is 3.73. The van der Waals surface area contributed by atoms with E-state index in [-0.39, 0.29) is 17.5 Å². The minimum absolute atomic E-state index is 0.0936. The van der Waals surface area contributed by atoms with Crippen molar-refractivity contribution >= 4 is 29.5 Å². The molecule has 0 unspecified atom stereocenters. The maximum atomic E-state index is 13.0. The summed E-state index contributed by atoms with van der Waals surface area (Å²) in [5.74, 6) is -1.17. The van der Waals surface area contributed by atoms with E-state index < -0.39 is 5.91 Å². The molecule has 3 amide bonds. The van der Waals surface area contributed by atoms with E-state index in [1.807, 2.05) is 61.5 Å². The smallest absolute Gasteiger partial charge is 0.272 e. The molecule has 0 saturated heterocycles. The van der Waals surface area contributed by atoms with Gasteiger partial charge in [-0.15, -0.1) is 0 Å². The van der Waals surface area contributed by atoms with Crippen molar-refractivity contribution in [3.05, 3.63) is 107 Å². The summed E-state index contributed by atoms with van der Waals surface area (Å²) < 4.78 is 0. The van der Waals surface area contributed by atoms with Crippen molar-refractivity contribution in [2.75, 3.05) is 11.9 Å². The predicted octanol–water partition coefficient (Wildman–Crippen LogP) is 4.08. The zero-order valence-electron chi connectivity index (χ0n) is 18.7. The van der Waals surface area contributed by atoms with Gasteiger partial charge in [-0.3, -0.25) is 14.4 Å². The number of hydrogen-bond donors (Lipinski definition) is 3. The summed E-state index contributed by atoms with van der Waals surface area (Å²) in [6, 6.07) is 24.2. The van der Waals surface area contributed by atoms with E-state index in [0.29, 0.717) is 24.2 Å². The molecule has 3 rings (SSSR count). The normalized spacial score (nSPS) is 10.9. The van der Waals surface area contributed by atoms with Crippen LogP contribution in [0.15, 0.2) is 84.6 Å². The molecule has 0 aliphatic rings. The molecule has 3 aromatic carbocycles. The third-order valence-corrected chi connectivity index (χ3v) is 5.01. The molecule has 0 aliphatic carbocycles. The predicted molar refractivity (Wildman–Crippen MR) is 131 cm³/mol. The lowest BCUT2D eigenvalue weighted by molar-refractivity contribution is -0.120. The average molecular weight is 442 g/mol. The number of amides is 3. The zero-order valence-corrected chi connectivity index (χ0v) is 18.7. The molecular weight excluding hydrogens is 414 g/mol. The first-order chi connectivity index (χ1) is 15.9. The van der Waals surface area contributed by atoms with Crippen LogP contribution in [0.4, 0.5) is 5.69 Å². The fourth-order valence-corrected chi connectivity index (χ4v) is 3.29. The summed E-state index contributed by atoms with van der Waals surface area (Å²) in [5, 5.41) is 8.24. The monoisotopic (exact) mass is 441 g/mol. The SMILES string of the molecule is CC(=O)NC(=Cc1ccccc1C)C(=O)Nc1ccccc1C(=O)NCCc1ccccc1. The van der Waals surface area contributed by atoms with Crippen molar-refractivity contribution in [3.8, 4) is 0 Å². The van der Waals surface area contributed by atoms with Crippen LogP contribution in [0, 0.1) is 6.92 Å². The Labute approximate surface area is 193 Å². The Morgan fingerprint density at radius 1 is 0.848 bits per heavy atom. The number of aryl methyl sites for hydroxylation is 1. The van der Waals surface area contributed by atoms with Crippen LogP contribution >= 0.6 is 0 Å². The van der Waals surface area contributed by atoms with Gasteiger partial charge in [-0.1, -0.05) is 66.7 Å². The lowest BCUT2D eigenvalue weighted by Gasteiger charge is -2.14. The quantitative estimate of drug-likeness (QED) is 0.460. The number of benzene rings is 3. The second kappa shape index (κ2) is 11.4. The maximum absolute atomic E-state index is 13.0. The van der Waals surface area contributed by atoms with E-state index in [1.54, 1.807) is 30.3 Å². The Morgan fingerprint density at radius 3 is 2.24 bits per heavy atom. The first-order valence-electron chi connectivity index (χ1n) is 10.7. The third kappa shape index (κ3) is 6.90. The van der Waals surface area contributed by atoms with Gasteiger partial charge in [0.15, 0.2) is 0 Å². The number of nitrogens with one attached hydrogen (secondary N) is 3. The van der Waals surface area contributed by atoms with E-state index >= 15 is 0 Å². The molecule has 6 nitrogen and oxygen atoms in total. The molecule has 0 fully saturated rings. The molecule has 3 N–H and O–H groups in total. The van der Waals surface area contributed by atoms with Crippen LogP contribution in [0.5, 0.6) is 0 Å². The van der Waals surface area contributed by atoms with E-state index in [2.05, 4.69) is 16.0 Å². The van der Waals surface area contributed by atoms with Crippen LogP contribution in [0.1, 0.15) is 34.0 Å². The molecule has 33 heavy (non-hydrogen) atoms. The number of rotatable bonds is 8. The molecule has 3 aromatic rings. The third-order valence-electron chi connectivity index (χ3n) is 5.01. The molecule has 0 atom stereocenters. The Morgan fingerprint density at radius 2 is 1.52 bits per heavy atom. The lowest BCUT2D eigenvalue weighted by Crippen LogP contribution is -2.30. The first kappa shape index (κ1) is 23.5. The van der Waals surface area contributed by atoms with E-state index in [4.69, 9.17) is 0 Å². The standard InChI is InChI=1S/C27H27N3O3/c1-19-10-6-7-13-22(19)18-25(29-20(2)31)27(33)30-24-15-9-8-14-23(24)26(32)28-17-16-21-11-4-3-5-12-21/h3-15,18H,16-17H2,1-2H3,(H,28,32)(H,29,31)(H,30,33). The number of hydrogen-bond acceptors (Lipinski definition) is 3. The highest BCUT2D eigenvalue weighted by Crippen LogP contribution is 2.17. The van der Waals surface area contributed by atoms with Crippen molar-refractivity contribution in [1.29, 1.82) is 0 Å². The molecule has 0 aliphatic heterocycles. The van der Waals surface area contributed by atoms with Gasteiger partial charge in [-0.05, 0) is 48.2 Å². The van der Waals surface area contributed by atoms with Gasteiger partial charge in [0.1, 0.15) is 5.70 Å². The van der Waals surface area contributed by atoms with Crippen LogP contribution in [0.3, 0.4) is 0 Å². The molecular formula is C27H27N3O3. The number of anilines is 1. The molecule has 0 aromatic heterocycles. The Hall–Kier alpha value is -4.19. The highest BCUT2D eigenvalue weighted by molar-refractivity contribution is 6.11. The minimum Gasteiger partial charge on any atom is -0.352 e. The van der Waals surface area contributed by atoms with Gasteiger partial charge in [-0.2, -0.15) is 0 Å². The van der Waals surface area contributed by atoms with E-state index in [9.17, 15) is 14.4 Å². The van der Waals surface area contributed by atoms with Gasteiger partial charge in [0.25, 0.3) is 11.8 Å². The van der Waals surface area contributed by atoms with Crippen molar-refractivity contribution in [2.24, 2.45) is 0 Å². The fourth-order valence-electron chi connectivity index (χ4n) is 3.29. The van der Waals surface area contributed by atoms with Crippen molar-refractivity contribution in [1.82, 2.24) is 10.6 Å². The van der Waals surface area contributed by atoms with Crippen LogP contribution in [0.25, 0.3) is 6.08 Å². The van der Waals surface area contributed by atoms with Gasteiger partial charge in [-0.25, -0.2) is 0 Å². The molecule has 6 heteroatoms. The summed E-state index contributed by atoms with van der Waals surface area (Å²) in [5.41, 5.74) is 3.70. The lowest BCUT2D eigenvalue weighted by atomic mass is 10.1. The number of carbonyl (C=O) groups is 3. The van der Waals surface area contributed by atoms with Gasteiger partial charge in [0, 0.05) is 13.5 Å². The van der Waals surface area contributed by atoms with Gasteiger partial charge in [0.05, 0.1) is 11.3 Å². The van der Waals surface area contributed by atoms with Crippen molar-refractivity contribution < 1.29 is 14.4 Å². The first-order valence-corrected chi connectivity index (χ1v) is 10.7. The van der Waals surface area contributed by atoms with Gasteiger partial charge >= 0.3 is 0 Å². The molecule has 0 radical (unpaired) electrons. The number of carbonyl (C=O) groups excluding carboxylic acids is 3. The minimum atomic E-state index is -0.516. The molecule has 0 heterocycles. The van der Waals surface area contributed by atoms with E-state index in [1.165, 1.54) is 6.92 Å². The summed E-state index contributed by atoms with van der Waals surface area (Å²) in [4.78, 5) is 37.5. The largest absolute Gasteiger partial charge is 0.352 e.